The minimum Gasteiger partial charge on any atom is -0.492 e. The number of ether oxygens (including phenoxy) is 1. The number of nitrogens with zero attached hydrogens (tertiary/aromatic N) is 3. The van der Waals surface area contributed by atoms with Crippen molar-refractivity contribution < 1.29 is 9.13 Å². The Labute approximate surface area is 143 Å². The third-order valence-electron chi connectivity index (χ3n) is 3.57. The van der Waals surface area contributed by atoms with Crippen LogP contribution in [0.2, 0.25) is 0 Å². The molecular formula is C19H14FN3O2. The molecule has 1 aromatic heterocycles. The fourth-order valence-corrected chi connectivity index (χ4v) is 2.30. The van der Waals surface area contributed by atoms with E-state index in [1.165, 1.54) is 22.9 Å². The Kier molecular flexibility index (Phi) is 4.86. The summed E-state index contributed by atoms with van der Waals surface area (Å²) >= 11 is 0. The normalized spacial score (nSPS) is 10.2. The van der Waals surface area contributed by atoms with E-state index in [2.05, 4.69) is 5.10 Å². The Morgan fingerprint density at radius 2 is 1.84 bits per heavy atom. The third kappa shape index (κ3) is 3.90. The molecule has 0 amide bonds. The van der Waals surface area contributed by atoms with Crippen molar-refractivity contribution in [3.63, 3.8) is 0 Å². The summed E-state index contributed by atoms with van der Waals surface area (Å²) in [6.07, 6.45) is 0. The molecule has 0 aliphatic heterocycles. The van der Waals surface area contributed by atoms with Crippen LogP contribution in [-0.4, -0.2) is 16.4 Å². The van der Waals surface area contributed by atoms with Crippen LogP contribution in [0.25, 0.3) is 11.3 Å². The van der Waals surface area contributed by atoms with E-state index in [4.69, 9.17) is 10.00 Å². The maximum Gasteiger partial charge on any atom is 0.266 e. The molecule has 0 radical (unpaired) electrons. The van der Waals surface area contributed by atoms with Crippen molar-refractivity contribution in [1.29, 1.82) is 5.26 Å². The number of hydrogen-bond donors (Lipinski definition) is 0. The molecule has 1 heterocycles. The molecule has 25 heavy (non-hydrogen) atoms. The van der Waals surface area contributed by atoms with Crippen LogP contribution in [-0.2, 0) is 6.54 Å². The van der Waals surface area contributed by atoms with Gasteiger partial charge in [0.15, 0.2) is 0 Å². The van der Waals surface area contributed by atoms with Crippen molar-refractivity contribution in [1.82, 2.24) is 9.78 Å². The van der Waals surface area contributed by atoms with Crippen LogP contribution in [0.3, 0.4) is 0 Å². The van der Waals surface area contributed by atoms with Gasteiger partial charge in [0.05, 0.1) is 23.9 Å². The topological polar surface area (TPSA) is 67.9 Å². The first-order valence-electron chi connectivity index (χ1n) is 7.63. The van der Waals surface area contributed by atoms with Gasteiger partial charge in [-0.2, -0.15) is 10.4 Å². The molecule has 0 aliphatic rings. The maximum atomic E-state index is 13.9. The molecule has 3 rings (SSSR count). The molecule has 0 fully saturated rings. The van der Waals surface area contributed by atoms with E-state index in [0.29, 0.717) is 22.6 Å². The number of benzene rings is 2. The van der Waals surface area contributed by atoms with Crippen LogP contribution in [0.5, 0.6) is 5.75 Å². The van der Waals surface area contributed by atoms with E-state index in [1.54, 1.807) is 42.5 Å². The van der Waals surface area contributed by atoms with Gasteiger partial charge in [0.25, 0.3) is 5.56 Å². The fraction of sp³-hybridized carbons (Fsp3) is 0.105. The Hall–Kier alpha value is -3.46. The minimum atomic E-state index is -0.394. The largest absolute Gasteiger partial charge is 0.492 e. The molecule has 6 heteroatoms. The van der Waals surface area contributed by atoms with E-state index in [9.17, 15) is 9.18 Å². The smallest absolute Gasteiger partial charge is 0.266 e. The molecule has 0 atom stereocenters. The summed E-state index contributed by atoms with van der Waals surface area (Å²) in [5.41, 5.74) is 0.978. The lowest BCUT2D eigenvalue weighted by atomic mass is 10.1. The van der Waals surface area contributed by atoms with Crippen molar-refractivity contribution in [3.05, 3.63) is 82.4 Å². The van der Waals surface area contributed by atoms with Crippen LogP contribution >= 0.6 is 0 Å². The van der Waals surface area contributed by atoms with Crippen molar-refractivity contribution >= 4 is 0 Å². The van der Waals surface area contributed by atoms with Gasteiger partial charge in [0.2, 0.25) is 0 Å². The van der Waals surface area contributed by atoms with Crippen LogP contribution < -0.4 is 10.3 Å². The van der Waals surface area contributed by atoms with Gasteiger partial charge in [0, 0.05) is 11.6 Å². The van der Waals surface area contributed by atoms with Gasteiger partial charge in [0.1, 0.15) is 18.2 Å². The summed E-state index contributed by atoms with van der Waals surface area (Å²) in [6.45, 7) is 0.445. The molecule has 0 N–H and O–H groups in total. The zero-order chi connectivity index (χ0) is 17.6. The summed E-state index contributed by atoms with van der Waals surface area (Å²) in [7, 11) is 0. The van der Waals surface area contributed by atoms with Crippen LogP contribution in [0, 0.1) is 17.1 Å². The van der Waals surface area contributed by atoms with Gasteiger partial charge in [-0.3, -0.25) is 4.79 Å². The lowest BCUT2D eigenvalue weighted by molar-refractivity contribution is 0.288. The second kappa shape index (κ2) is 7.41. The van der Waals surface area contributed by atoms with Crippen molar-refractivity contribution in [2.45, 2.75) is 6.54 Å². The van der Waals surface area contributed by atoms with E-state index < -0.39 is 5.82 Å². The molecule has 0 aliphatic carbocycles. The van der Waals surface area contributed by atoms with E-state index in [-0.39, 0.29) is 18.7 Å². The molecule has 0 unspecified atom stereocenters. The quantitative estimate of drug-likeness (QED) is 0.719. The van der Waals surface area contributed by atoms with E-state index in [1.807, 2.05) is 6.07 Å². The van der Waals surface area contributed by atoms with E-state index >= 15 is 0 Å². The third-order valence-corrected chi connectivity index (χ3v) is 3.57. The van der Waals surface area contributed by atoms with Crippen molar-refractivity contribution in [2.24, 2.45) is 0 Å². The molecule has 5 nitrogen and oxygen atoms in total. The average molecular weight is 335 g/mol. The first-order chi connectivity index (χ1) is 12.2. The van der Waals surface area contributed by atoms with Gasteiger partial charge in [-0.25, -0.2) is 9.07 Å². The number of rotatable bonds is 5. The van der Waals surface area contributed by atoms with E-state index in [0.717, 1.165) is 0 Å². The first-order valence-corrected chi connectivity index (χ1v) is 7.63. The molecule has 0 bridgehead atoms. The van der Waals surface area contributed by atoms with Gasteiger partial charge >= 0.3 is 0 Å². The van der Waals surface area contributed by atoms with Gasteiger partial charge in [-0.05, 0) is 42.5 Å². The standard InChI is InChI=1S/C19H14FN3O2/c20-17-4-2-1-3-16(17)18-9-10-19(24)23(22-18)11-12-25-15-7-5-14(13-21)6-8-15/h1-10H,11-12H2. The van der Waals surface area contributed by atoms with Gasteiger partial charge < -0.3 is 4.74 Å². The number of hydrogen-bond acceptors (Lipinski definition) is 4. The Morgan fingerprint density at radius 3 is 2.56 bits per heavy atom. The van der Waals surface area contributed by atoms with Gasteiger partial charge in [-0.15, -0.1) is 0 Å². The van der Waals surface area contributed by atoms with Crippen LogP contribution in [0.4, 0.5) is 4.39 Å². The summed E-state index contributed by atoms with van der Waals surface area (Å²) in [4.78, 5) is 11.9. The Balaban J connectivity index is 1.72. The maximum absolute atomic E-state index is 13.9. The number of nitriles is 1. The molecule has 0 saturated carbocycles. The highest BCUT2D eigenvalue weighted by Gasteiger charge is 2.08. The molecule has 0 spiro atoms. The summed E-state index contributed by atoms with van der Waals surface area (Å²) in [5.74, 6) is 0.200. The first kappa shape index (κ1) is 16.4. The minimum absolute atomic E-state index is 0.222. The predicted octanol–water partition coefficient (Wildman–Crippen LogP) is 3.00. The van der Waals surface area contributed by atoms with Crippen LogP contribution in [0.15, 0.2) is 65.5 Å². The number of aromatic nitrogens is 2. The van der Waals surface area contributed by atoms with Crippen LogP contribution in [0.1, 0.15) is 5.56 Å². The molecule has 0 saturated heterocycles. The average Bonchev–Trinajstić information content (AvgIpc) is 2.64. The highest BCUT2D eigenvalue weighted by molar-refractivity contribution is 5.58. The van der Waals surface area contributed by atoms with Crippen molar-refractivity contribution in [2.75, 3.05) is 6.61 Å². The zero-order valence-corrected chi connectivity index (χ0v) is 13.2. The lowest BCUT2D eigenvalue weighted by Gasteiger charge is -2.09. The summed E-state index contributed by atoms with van der Waals surface area (Å²) in [5, 5.41) is 13.0. The lowest BCUT2D eigenvalue weighted by Crippen LogP contribution is -2.25. The SMILES string of the molecule is N#Cc1ccc(OCCn2nc(-c3ccccc3F)ccc2=O)cc1. The second-order valence-corrected chi connectivity index (χ2v) is 5.24. The predicted molar refractivity (Wildman–Crippen MR) is 90.5 cm³/mol. The number of halogens is 1. The zero-order valence-electron chi connectivity index (χ0n) is 13.2. The second-order valence-electron chi connectivity index (χ2n) is 5.24. The Morgan fingerprint density at radius 1 is 1.08 bits per heavy atom. The van der Waals surface area contributed by atoms with Crippen molar-refractivity contribution in [3.8, 4) is 23.1 Å². The highest BCUT2D eigenvalue weighted by Crippen LogP contribution is 2.18. The fourth-order valence-electron chi connectivity index (χ4n) is 2.30. The Bertz CT molecular complexity index is 975. The molecular weight excluding hydrogens is 321 g/mol. The highest BCUT2D eigenvalue weighted by atomic mass is 19.1. The summed E-state index contributed by atoms with van der Waals surface area (Å²) < 4.78 is 20.7. The molecule has 3 aromatic rings. The molecule has 124 valence electrons. The monoisotopic (exact) mass is 335 g/mol. The summed E-state index contributed by atoms with van der Waals surface area (Å²) in [6, 6.07) is 17.8. The van der Waals surface area contributed by atoms with Gasteiger partial charge in [-0.1, -0.05) is 12.1 Å². The molecule has 2 aromatic carbocycles.